The minimum Gasteiger partial charge on any atom is -0.352 e. The highest BCUT2D eigenvalue weighted by Gasteiger charge is 2.21. The second kappa shape index (κ2) is 9.18. The summed E-state index contributed by atoms with van der Waals surface area (Å²) in [5, 5.41) is 2.81. The third kappa shape index (κ3) is 5.91. The average Bonchev–Trinajstić information content (AvgIpc) is 2.55. The molecule has 1 aliphatic heterocycles. The maximum Gasteiger partial charge on any atom is 0.251 e. The van der Waals surface area contributed by atoms with Crippen LogP contribution in [0.1, 0.15) is 30.6 Å². The van der Waals surface area contributed by atoms with Gasteiger partial charge in [-0.2, -0.15) is 0 Å². The number of carbonyl (C=O) groups excluding carboxylic acids is 2. The highest BCUT2D eigenvalue weighted by atomic mass is 79.9. The molecule has 0 spiro atoms. The average molecular weight is 396 g/mol. The molecule has 6 heteroatoms. The van der Waals surface area contributed by atoms with Gasteiger partial charge in [0.25, 0.3) is 5.91 Å². The maximum absolute atomic E-state index is 12.2. The smallest absolute Gasteiger partial charge is 0.251 e. The fourth-order valence-electron chi connectivity index (χ4n) is 2.84. The fraction of sp³-hybridized carbons (Fsp3) is 0.556. The first-order valence-corrected chi connectivity index (χ1v) is 9.29. The molecule has 2 rings (SSSR count). The summed E-state index contributed by atoms with van der Waals surface area (Å²) in [4.78, 5) is 28.6. The Bertz CT molecular complexity index is 552. The zero-order valence-electron chi connectivity index (χ0n) is 14.4. The molecule has 0 aromatic heterocycles. The Morgan fingerprint density at radius 2 is 1.75 bits per heavy atom. The Morgan fingerprint density at radius 3 is 2.33 bits per heavy atom. The highest BCUT2D eigenvalue weighted by molar-refractivity contribution is 9.10. The lowest BCUT2D eigenvalue weighted by Gasteiger charge is -2.35. The monoisotopic (exact) mass is 395 g/mol. The van der Waals surface area contributed by atoms with Crippen molar-refractivity contribution in [1.82, 2.24) is 15.1 Å². The first-order chi connectivity index (χ1) is 11.5. The number of hydrogen-bond acceptors (Lipinski definition) is 3. The summed E-state index contributed by atoms with van der Waals surface area (Å²) in [6, 6.07) is 7.18. The molecule has 0 unspecified atom stereocenters. The number of hydrogen-bond donors (Lipinski definition) is 1. The number of rotatable bonds is 6. The van der Waals surface area contributed by atoms with Gasteiger partial charge in [-0.25, -0.2) is 0 Å². The third-order valence-electron chi connectivity index (χ3n) is 4.08. The lowest BCUT2D eigenvalue weighted by atomic mass is 10.2. The van der Waals surface area contributed by atoms with Crippen LogP contribution in [0.4, 0.5) is 0 Å². The number of nitrogens with one attached hydrogen (secondary N) is 1. The highest BCUT2D eigenvalue weighted by Crippen LogP contribution is 2.10. The third-order valence-corrected chi connectivity index (χ3v) is 4.61. The predicted molar refractivity (Wildman–Crippen MR) is 99.0 cm³/mol. The molecule has 132 valence electrons. The van der Waals surface area contributed by atoms with Crippen LogP contribution in [0.5, 0.6) is 0 Å². The molecule has 1 fully saturated rings. The number of amides is 2. The predicted octanol–water partition coefficient (Wildman–Crippen LogP) is 2.37. The van der Waals surface area contributed by atoms with Crippen molar-refractivity contribution in [2.45, 2.75) is 20.3 Å². The standard InChI is InChI=1S/C18H26BrN3O2/c1-14(2)13-21-9-11-22(12-10-21)17(23)7-8-20-18(24)15-3-5-16(19)6-4-15/h3-6,14H,7-13H2,1-2H3,(H,20,24). The molecule has 5 nitrogen and oxygen atoms in total. The molecule has 2 amide bonds. The van der Waals surface area contributed by atoms with E-state index in [0.29, 0.717) is 24.4 Å². The molecule has 0 aliphatic carbocycles. The van der Waals surface area contributed by atoms with Crippen molar-refractivity contribution in [1.29, 1.82) is 0 Å². The Balaban J connectivity index is 1.68. The molecule has 1 heterocycles. The zero-order chi connectivity index (χ0) is 17.5. The molecule has 1 aliphatic rings. The van der Waals surface area contributed by atoms with Gasteiger partial charge in [0, 0.05) is 55.7 Å². The minimum absolute atomic E-state index is 0.121. The van der Waals surface area contributed by atoms with Crippen molar-refractivity contribution in [3.8, 4) is 0 Å². The summed E-state index contributed by atoms with van der Waals surface area (Å²) in [6.45, 7) is 9.34. The van der Waals surface area contributed by atoms with E-state index >= 15 is 0 Å². The second-order valence-electron chi connectivity index (χ2n) is 6.59. The van der Waals surface area contributed by atoms with Gasteiger partial charge in [-0.05, 0) is 30.2 Å². The van der Waals surface area contributed by atoms with E-state index < -0.39 is 0 Å². The van der Waals surface area contributed by atoms with E-state index in [-0.39, 0.29) is 11.8 Å². The van der Waals surface area contributed by atoms with E-state index in [2.05, 4.69) is 40.0 Å². The van der Waals surface area contributed by atoms with Gasteiger partial charge in [-0.1, -0.05) is 29.8 Å². The Morgan fingerprint density at radius 1 is 1.12 bits per heavy atom. The van der Waals surface area contributed by atoms with Crippen LogP contribution in [0.25, 0.3) is 0 Å². The van der Waals surface area contributed by atoms with Gasteiger partial charge in [0.2, 0.25) is 5.91 Å². The fourth-order valence-corrected chi connectivity index (χ4v) is 3.10. The summed E-state index contributed by atoms with van der Waals surface area (Å²) in [6.07, 6.45) is 0.354. The van der Waals surface area contributed by atoms with Crippen molar-refractivity contribution >= 4 is 27.7 Å². The van der Waals surface area contributed by atoms with E-state index in [1.807, 2.05) is 17.0 Å². The number of nitrogens with zero attached hydrogens (tertiary/aromatic N) is 2. The van der Waals surface area contributed by atoms with E-state index in [4.69, 9.17) is 0 Å². The maximum atomic E-state index is 12.2. The van der Waals surface area contributed by atoms with Crippen LogP contribution < -0.4 is 5.32 Å². The van der Waals surface area contributed by atoms with Crippen LogP contribution in [-0.4, -0.2) is 60.9 Å². The van der Waals surface area contributed by atoms with Crippen LogP contribution >= 0.6 is 15.9 Å². The van der Waals surface area contributed by atoms with Gasteiger partial charge in [-0.15, -0.1) is 0 Å². The zero-order valence-corrected chi connectivity index (χ0v) is 16.0. The lowest BCUT2D eigenvalue weighted by Crippen LogP contribution is -2.49. The normalized spacial score (nSPS) is 15.6. The SMILES string of the molecule is CC(C)CN1CCN(C(=O)CCNC(=O)c2ccc(Br)cc2)CC1. The largest absolute Gasteiger partial charge is 0.352 e. The molecular weight excluding hydrogens is 370 g/mol. The molecule has 0 saturated carbocycles. The van der Waals surface area contributed by atoms with Gasteiger partial charge in [0.1, 0.15) is 0 Å². The topological polar surface area (TPSA) is 52.6 Å². The first kappa shape index (κ1) is 18.9. The summed E-state index contributed by atoms with van der Waals surface area (Å²) in [5.74, 6) is 0.633. The van der Waals surface area contributed by atoms with E-state index in [1.54, 1.807) is 12.1 Å². The minimum atomic E-state index is -0.142. The summed E-state index contributed by atoms with van der Waals surface area (Å²) in [7, 11) is 0. The molecule has 0 bridgehead atoms. The van der Waals surface area contributed by atoms with Crippen LogP contribution in [0.3, 0.4) is 0 Å². The molecule has 1 aromatic rings. The number of halogens is 1. The van der Waals surface area contributed by atoms with Gasteiger partial charge >= 0.3 is 0 Å². The van der Waals surface area contributed by atoms with E-state index in [0.717, 1.165) is 37.2 Å². The van der Waals surface area contributed by atoms with Crippen molar-refractivity contribution in [3.05, 3.63) is 34.3 Å². The van der Waals surface area contributed by atoms with Crippen molar-refractivity contribution < 1.29 is 9.59 Å². The summed E-state index contributed by atoms with van der Waals surface area (Å²) < 4.78 is 0.936. The van der Waals surface area contributed by atoms with Crippen LogP contribution in [-0.2, 0) is 4.79 Å². The molecular formula is C18H26BrN3O2. The number of carbonyl (C=O) groups is 2. The molecule has 1 N–H and O–H groups in total. The van der Waals surface area contributed by atoms with Crippen LogP contribution in [0, 0.1) is 5.92 Å². The molecule has 1 aromatic carbocycles. The molecule has 0 radical (unpaired) electrons. The second-order valence-corrected chi connectivity index (χ2v) is 7.50. The quantitative estimate of drug-likeness (QED) is 0.804. The Hall–Kier alpha value is -1.40. The van der Waals surface area contributed by atoms with Gasteiger partial charge in [0.05, 0.1) is 0 Å². The molecule has 0 atom stereocenters. The first-order valence-electron chi connectivity index (χ1n) is 8.49. The van der Waals surface area contributed by atoms with Gasteiger partial charge in [0.15, 0.2) is 0 Å². The number of benzene rings is 1. The lowest BCUT2D eigenvalue weighted by molar-refractivity contribution is -0.132. The van der Waals surface area contributed by atoms with Crippen molar-refractivity contribution in [2.24, 2.45) is 5.92 Å². The summed E-state index contributed by atoms with van der Waals surface area (Å²) in [5.41, 5.74) is 0.605. The molecule has 1 saturated heterocycles. The molecule has 24 heavy (non-hydrogen) atoms. The van der Waals surface area contributed by atoms with Crippen LogP contribution in [0.2, 0.25) is 0 Å². The van der Waals surface area contributed by atoms with E-state index in [1.165, 1.54) is 0 Å². The van der Waals surface area contributed by atoms with Gasteiger partial charge in [-0.3, -0.25) is 14.5 Å². The number of piperazine rings is 1. The van der Waals surface area contributed by atoms with Gasteiger partial charge < -0.3 is 10.2 Å². The Labute approximate surface area is 152 Å². The van der Waals surface area contributed by atoms with Crippen molar-refractivity contribution in [2.75, 3.05) is 39.3 Å². The van der Waals surface area contributed by atoms with Crippen LogP contribution in [0.15, 0.2) is 28.7 Å². The van der Waals surface area contributed by atoms with Crippen molar-refractivity contribution in [3.63, 3.8) is 0 Å². The Kier molecular flexibility index (Phi) is 7.24. The van der Waals surface area contributed by atoms with E-state index in [9.17, 15) is 9.59 Å². The summed E-state index contributed by atoms with van der Waals surface area (Å²) >= 11 is 3.34.